The lowest BCUT2D eigenvalue weighted by Crippen LogP contribution is -2.51. The quantitative estimate of drug-likeness (QED) is 0.283. The molecule has 2 aliphatic rings. The Morgan fingerprint density at radius 2 is 1.25 bits per heavy atom. The third kappa shape index (κ3) is 7.48. The van der Waals surface area contributed by atoms with Crippen molar-refractivity contribution in [3.8, 4) is 0 Å². The van der Waals surface area contributed by atoms with Gasteiger partial charge in [-0.3, -0.25) is 26.5 Å². The molecule has 1 amide bonds. The van der Waals surface area contributed by atoms with Gasteiger partial charge >= 0.3 is 0 Å². The number of hydrogen-bond donors (Lipinski definition) is 6. The van der Waals surface area contributed by atoms with E-state index in [-0.39, 0.29) is 5.91 Å². The molecule has 6 N–H and O–H groups in total. The van der Waals surface area contributed by atoms with E-state index < -0.39 is 0 Å². The second kappa shape index (κ2) is 12.2. The van der Waals surface area contributed by atoms with Gasteiger partial charge in [-0.15, -0.1) is 0 Å². The smallest absolute Gasteiger partial charge is 0.269 e. The maximum Gasteiger partial charge on any atom is 0.269 e. The van der Waals surface area contributed by atoms with Crippen LogP contribution in [-0.2, 0) is 0 Å². The van der Waals surface area contributed by atoms with Crippen LogP contribution in [0.4, 0.5) is 5.69 Å². The highest BCUT2D eigenvalue weighted by molar-refractivity contribution is 7.80. The molecule has 2 saturated carbocycles. The lowest BCUT2D eigenvalue weighted by molar-refractivity contribution is 0.0943. The van der Waals surface area contributed by atoms with Gasteiger partial charge < -0.3 is 10.6 Å². The fourth-order valence-electron chi connectivity index (χ4n) is 4.49. The van der Waals surface area contributed by atoms with Crippen LogP contribution in [-0.4, -0.2) is 28.2 Å². The summed E-state index contributed by atoms with van der Waals surface area (Å²) in [6, 6.07) is 7.94. The van der Waals surface area contributed by atoms with Gasteiger partial charge in [0.2, 0.25) is 0 Å². The molecule has 0 bridgehead atoms. The first-order chi connectivity index (χ1) is 15.4. The molecule has 176 valence electrons. The minimum absolute atomic E-state index is 0.242. The van der Waals surface area contributed by atoms with Crippen molar-refractivity contribution >= 4 is 46.3 Å². The van der Waals surface area contributed by atoms with Gasteiger partial charge in [0.1, 0.15) is 0 Å². The van der Waals surface area contributed by atoms with Crippen molar-refractivity contribution < 1.29 is 4.79 Å². The fourth-order valence-corrected chi connectivity index (χ4v) is 4.89. The van der Waals surface area contributed by atoms with E-state index >= 15 is 0 Å². The van der Waals surface area contributed by atoms with Gasteiger partial charge in [0.05, 0.1) is 5.69 Å². The Morgan fingerprint density at radius 1 is 0.750 bits per heavy atom. The highest BCUT2D eigenvalue weighted by atomic mass is 32.1. The maximum absolute atomic E-state index is 12.4. The summed E-state index contributed by atoms with van der Waals surface area (Å²) in [5.41, 5.74) is 12.9. The Balaban J connectivity index is 1.38. The lowest BCUT2D eigenvalue weighted by Gasteiger charge is -2.30. The molecule has 1 aromatic carbocycles. The molecule has 0 unspecified atom stereocenters. The van der Waals surface area contributed by atoms with E-state index in [9.17, 15) is 4.79 Å². The van der Waals surface area contributed by atoms with Crippen molar-refractivity contribution in [2.45, 2.75) is 77.3 Å². The second-order valence-corrected chi connectivity index (χ2v) is 9.91. The number of hydrazine groups is 2. The molecule has 2 fully saturated rings. The standard InChI is InChI=1S/C23H36N6OS2/c1-15-7-3-5-9-19(15)24-22(31)28-26-18-13-11-17(12-14-18)21(30)27-29-23(32)25-20-10-6-4-8-16(20)2/h11-16,19-20,26H,3-10H2,1-2H3,(H,27,30)(H2,24,28,31)(H2,25,29,32)/t15-,16-,19-,20+/m0/s1. The summed E-state index contributed by atoms with van der Waals surface area (Å²) in [4.78, 5) is 12.4. The molecule has 1 aromatic rings. The number of hydrogen-bond acceptors (Lipinski definition) is 4. The van der Waals surface area contributed by atoms with Gasteiger partial charge in [0.25, 0.3) is 5.91 Å². The van der Waals surface area contributed by atoms with Crippen LogP contribution in [0.3, 0.4) is 0 Å². The number of rotatable bonds is 5. The van der Waals surface area contributed by atoms with Crippen LogP contribution in [0.5, 0.6) is 0 Å². The molecule has 2 aliphatic carbocycles. The zero-order valence-electron chi connectivity index (χ0n) is 19.0. The van der Waals surface area contributed by atoms with Crippen LogP contribution < -0.4 is 32.3 Å². The molecule has 4 atom stereocenters. The van der Waals surface area contributed by atoms with Gasteiger partial charge in [0.15, 0.2) is 10.2 Å². The van der Waals surface area contributed by atoms with Gasteiger partial charge in [-0.2, -0.15) is 0 Å². The van der Waals surface area contributed by atoms with Crippen molar-refractivity contribution in [1.29, 1.82) is 0 Å². The van der Waals surface area contributed by atoms with Crippen LogP contribution in [0, 0.1) is 11.8 Å². The Bertz CT molecular complexity index is 787. The number of nitrogens with one attached hydrogen (secondary N) is 6. The highest BCUT2D eigenvalue weighted by Crippen LogP contribution is 2.24. The summed E-state index contributed by atoms with van der Waals surface area (Å²) >= 11 is 10.7. The van der Waals surface area contributed by atoms with Crippen LogP contribution >= 0.6 is 24.4 Å². The Hall–Kier alpha value is -2.13. The average molecular weight is 477 g/mol. The van der Waals surface area contributed by atoms with E-state index in [1.165, 1.54) is 38.5 Å². The topological polar surface area (TPSA) is 89.2 Å². The first kappa shape index (κ1) is 24.5. The van der Waals surface area contributed by atoms with Crippen molar-refractivity contribution in [3.63, 3.8) is 0 Å². The minimum atomic E-state index is -0.242. The number of benzene rings is 1. The Labute approximate surface area is 202 Å². The fraction of sp³-hybridized carbons (Fsp3) is 0.609. The molecule has 32 heavy (non-hydrogen) atoms. The number of carbonyl (C=O) groups excluding carboxylic acids is 1. The van der Waals surface area contributed by atoms with Gasteiger partial charge in [-0.05, 0) is 86.2 Å². The van der Waals surface area contributed by atoms with Crippen LogP contribution in [0.15, 0.2) is 24.3 Å². The van der Waals surface area contributed by atoms with E-state index in [1.54, 1.807) is 12.1 Å². The van der Waals surface area contributed by atoms with E-state index in [2.05, 4.69) is 46.2 Å². The summed E-state index contributed by atoms with van der Waals surface area (Å²) in [6.07, 6.45) is 9.75. The maximum atomic E-state index is 12.4. The van der Waals surface area contributed by atoms with Crippen LogP contribution in [0.1, 0.15) is 75.6 Å². The molecule has 0 radical (unpaired) electrons. The van der Waals surface area contributed by atoms with Crippen LogP contribution in [0.2, 0.25) is 0 Å². The normalized spacial score (nSPS) is 25.2. The SMILES string of the molecule is C[C@H]1CCCC[C@@H]1NC(=S)NNc1ccc(C(=O)NNC(=S)N[C@@H]2CCCC[C@@H]2C)cc1. The van der Waals surface area contributed by atoms with E-state index in [0.29, 0.717) is 39.7 Å². The largest absolute Gasteiger partial charge is 0.358 e. The van der Waals surface area contributed by atoms with Gasteiger partial charge in [-0.1, -0.05) is 39.5 Å². The third-order valence-corrected chi connectivity index (χ3v) is 7.05. The van der Waals surface area contributed by atoms with Gasteiger partial charge in [-0.25, -0.2) is 0 Å². The van der Waals surface area contributed by atoms with E-state index in [1.807, 2.05) is 12.1 Å². The summed E-state index contributed by atoms with van der Waals surface area (Å²) in [7, 11) is 0. The predicted molar refractivity (Wildman–Crippen MR) is 138 cm³/mol. The number of anilines is 1. The molecule has 0 aromatic heterocycles. The number of thiocarbonyl (C=S) groups is 2. The second-order valence-electron chi connectivity index (χ2n) is 9.09. The lowest BCUT2D eigenvalue weighted by atomic mass is 9.86. The molecule has 0 heterocycles. The number of carbonyl (C=O) groups is 1. The summed E-state index contributed by atoms with van der Waals surface area (Å²) in [5.74, 6) is 0.972. The first-order valence-corrected chi connectivity index (χ1v) is 12.5. The molecule has 0 spiro atoms. The summed E-state index contributed by atoms with van der Waals surface area (Å²) in [5, 5.41) is 7.75. The summed E-state index contributed by atoms with van der Waals surface area (Å²) in [6.45, 7) is 4.51. The molecular formula is C23H36N6OS2. The van der Waals surface area contributed by atoms with Crippen molar-refractivity contribution in [3.05, 3.63) is 29.8 Å². The van der Waals surface area contributed by atoms with Crippen molar-refractivity contribution in [2.75, 3.05) is 5.43 Å². The molecule has 7 nitrogen and oxygen atoms in total. The molecular weight excluding hydrogens is 440 g/mol. The van der Waals surface area contributed by atoms with E-state index in [0.717, 1.165) is 18.5 Å². The highest BCUT2D eigenvalue weighted by Gasteiger charge is 2.22. The molecule has 0 saturated heterocycles. The van der Waals surface area contributed by atoms with Crippen molar-refractivity contribution in [1.82, 2.24) is 26.9 Å². The number of amides is 1. The summed E-state index contributed by atoms with van der Waals surface area (Å²) < 4.78 is 0. The molecule has 0 aliphatic heterocycles. The third-order valence-electron chi connectivity index (χ3n) is 6.61. The predicted octanol–water partition coefficient (Wildman–Crippen LogP) is 3.74. The first-order valence-electron chi connectivity index (χ1n) is 11.7. The van der Waals surface area contributed by atoms with Crippen molar-refractivity contribution in [2.24, 2.45) is 11.8 Å². The zero-order chi connectivity index (χ0) is 22.9. The minimum Gasteiger partial charge on any atom is -0.358 e. The van der Waals surface area contributed by atoms with Crippen LogP contribution in [0.25, 0.3) is 0 Å². The molecule has 3 rings (SSSR count). The van der Waals surface area contributed by atoms with Gasteiger partial charge in [0, 0.05) is 17.6 Å². The Morgan fingerprint density at radius 3 is 1.78 bits per heavy atom. The monoisotopic (exact) mass is 476 g/mol. The van der Waals surface area contributed by atoms with E-state index in [4.69, 9.17) is 24.4 Å². The zero-order valence-corrected chi connectivity index (χ0v) is 20.6. The Kier molecular flexibility index (Phi) is 9.35. The average Bonchev–Trinajstić information content (AvgIpc) is 2.79. The molecule has 9 heteroatoms.